The molecule has 1 atom stereocenters. The SMILES string of the molecule is Cc1cccc(CN(C)C(=O)C(C)C(N)=NO)c1. The lowest BCUT2D eigenvalue weighted by molar-refractivity contribution is -0.132. The minimum Gasteiger partial charge on any atom is -0.409 e. The van der Waals surface area contributed by atoms with Crippen molar-refractivity contribution in [2.24, 2.45) is 16.8 Å². The molecule has 0 fully saturated rings. The third-order valence-electron chi connectivity index (χ3n) is 2.81. The van der Waals surface area contributed by atoms with E-state index in [2.05, 4.69) is 5.16 Å². The molecule has 0 radical (unpaired) electrons. The number of nitrogens with two attached hydrogens (primary N) is 1. The van der Waals surface area contributed by atoms with Gasteiger partial charge in [0, 0.05) is 13.6 Å². The number of nitrogens with zero attached hydrogens (tertiary/aromatic N) is 2. The molecule has 0 aromatic heterocycles. The number of carbonyl (C=O) groups is 1. The first kappa shape index (κ1) is 14.0. The normalized spacial score (nSPS) is 13.2. The maximum atomic E-state index is 12.0. The van der Waals surface area contributed by atoms with E-state index in [0.29, 0.717) is 6.54 Å². The van der Waals surface area contributed by atoms with Gasteiger partial charge in [-0.2, -0.15) is 0 Å². The molecule has 0 saturated carbocycles. The predicted octanol–water partition coefficient (Wildman–Crippen LogP) is 1.34. The quantitative estimate of drug-likeness (QED) is 0.366. The zero-order valence-electron chi connectivity index (χ0n) is 10.9. The van der Waals surface area contributed by atoms with Gasteiger partial charge in [-0.25, -0.2) is 0 Å². The number of hydrogen-bond donors (Lipinski definition) is 2. The Balaban J connectivity index is 2.71. The Labute approximate surface area is 107 Å². The topological polar surface area (TPSA) is 78.9 Å². The first-order valence-corrected chi connectivity index (χ1v) is 5.73. The monoisotopic (exact) mass is 249 g/mol. The molecule has 0 aliphatic carbocycles. The van der Waals surface area contributed by atoms with Gasteiger partial charge in [-0.15, -0.1) is 0 Å². The summed E-state index contributed by atoms with van der Waals surface area (Å²) in [5.41, 5.74) is 7.63. The molecule has 0 aliphatic heterocycles. The average Bonchev–Trinajstić information content (AvgIpc) is 2.36. The summed E-state index contributed by atoms with van der Waals surface area (Å²) >= 11 is 0. The van der Waals surface area contributed by atoms with Crippen molar-refractivity contribution in [1.29, 1.82) is 0 Å². The second-order valence-electron chi connectivity index (χ2n) is 4.43. The molecule has 0 bridgehead atoms. The Hall–Kier alpha value is -2.04. The zero-order valence-corrected chi connectivity index (χ0v) is 10.9. The fourth-order valence-electron chi connectivity index (χ4n) is 1.71. The fourth-order valence-corrected chi connectivity index (χ4v) is 1.71. The van der Waals surface area contributed by atoms with Crippen LogP contribution in [0.5, 0.6) is 0 Å². The van der Waals surface area contributed by atoms with Crippen molar-refractivity contribution in [1.82, 2.24) is 4.90 Å². The van der Waals surface area contributed by atoms with Crippen molar-refractivity contribution >= 4 is 11.7 Å². The Kier molecular flexibility index (Phi) is 4.71. The van der Waals surface area contributed by atoms with Gasteiger partial charge >= 0.3 is 0 Å². The highest BCUT2D eigenvalue weighted by Crippen LogP contribution is 2.09. The zero-order chi connectivity index (χ0) is 13.7. The highest BCUT2D eigenvalue weighted by molar-refractivity contribution is 6.01. The maximum Gasteiger partial charge on any atom is 0.233 e. The van der Waals surface area contributed by atoms with E-state index in [4.69, 9.17) is 10.9 Å². The van der Waals surface area contributed by atoms with Crippen molar-refractivity contribution in [3.05, 3.63) is 35.4 Å². The van der Waals surface area contributed by atoms with Crippen molar-refractivity contribution in [3.63, 3.8) is 0 Å². The molecule has 98 valence electrons. The van der Waals surface area contributed by atoms with E-state index in [1.807, 2.05) is 31.2 Å². The van der Waals surface area contributed by atoms with Gasteiger partial charge in [0.25, 0.3) is 0 Å². The number of benzene rings is 1. The summed E-state index contributed by atoms with van der Waals surface area (Å²) in [6.45, 7) is 4.12. The van der Waals surface area contributed by atoms with Gasteiger partial charge in [0.2, 0.25) is 5.91 Å². The standard InChI is InChI=1S/C13H19N3O2/c1-9-5-4-6-11(7-9)8-16(3)13(17)10(2)12(14)15-18/h4-7,10,18H,8H2,1-3H3,(H2,14,15). The molecule has 3 N–H and O–H groups in total. The fraction of sp³-hybridized carbons (Fsp3) is 0.385. The molecule has 18 heavy (non-hydrogen) atoms. The van der Waals surface area contributed by atoms with Crippen LogP contribution in [0.15, 0.2) is 29.4 Å². The number of oxime groups is 1. The van der Waals surface area contributed by atoms with E-state index in [-0.39, 0.29) is 11.7 Å². The van der Waals surface area contributed by atoms with Gasteiger partial charge in [-0.1, -0.05) is 35.0 Å². The van der Waals surface area contributed by atoms with Crippen molar-refractivity contribution < 1.29 is 10.0 Å². The van der Waals surface area contributed by atoms with E-state index in [1.54, 1.807) is 18.9 Å². The first-order chi connectivity index (χ1) is 8.45. The minimum absolute atomic E-state index is 0.0731. The summed E-state index contributed by atoms with van der Waals surface area (Å²) in [6.07, 6.45) is 0. The lowest BCUT2D eigenvalue weighted by atomic mass is 10.1. The summed E-state index contributed by atoms with van der Waals surface area (Å²) in [4.78, 5) is 13.6. The van der Waals surface area contributed by atoms with Gasteiger partial charge in [0.1, 0.15) is 0 Å². The van der Waals surface area contributed by atoms with E-state index in [1.165, 1.54) is 0 Å². The third kappa shape index (κ3) is 3.48. The van der Waals surface area contributed by atoms with E-state index in [0.717, 1.165) is 11.1 Å². The molecular weight excluding hydrogens is 230 g/mol. The van der Waals surface area contributed by atoms with Gasteiger partial charge < -0.3 is 15.8 Å². The summed E-state index contributed by atoms with van der Waals surface area (Å²) in [5.74, 6) is -0.868. The number of carbonyl (C=O) groups excluding carboxylic acids is 1. The van der Waals surface area contributed by atoms with E-state index in [9.17, 15) is 4.79 Å². The summed E-state index contributed by atoms with van der Waals surface area (Å²) in [7, 11) is 1.70. The average molecular weight is 249 g/mol. The van der Waals surface area contributed by atoms with E-state index < -0.39 is 5.92 Å². The maximum absolute atomic E-state index is 12.0. The molecule has 5 nitrogen and oxygen atoms in total. The molecule has 5 heteroatoms. The lowest BCUT2D eigenvalue weighted by Crippen LogP contribution is -2.38. The van der Waals surface area contributed by atoms with Crippen LogP contribution >= 0.6 is 0 Å². The number of amides is 1. The summed E-state index contributed by atoms with van der Waals surface area (Å²) < 4.78 is 0. The lowest BCUT2D eigenvalue weighted by Gasteiger charge is -2.21. The Bertz CT molecular complexity index is 457. The summed E-state index contributed by atoms with van der Waals surface area (Å²) in [5, 5.41) is 11.4. The van der Waals surface area contributed by atoms with Crippen molar-refractivity contribution in [3.8, 4) is 0 Å². The van der Waals surface area contributed by atoms with Gasteiger partial charge in [0.15, 0.2) is 5.84 Å². The highest BCUT2D eigenvalue weighted by Gasteiger charge is 2.21. The van der Waals surface area contributed by atoms with Gasteiger partial charge in [-0.05, 0) is 19.4 Å². The Morgan fingerprint density at radius 3 is 2.78 bits per heavy atom. The van der Waals surface area contributed by atoms with Crippen LogP contribution in [0.4, 0.5) is 0 Å². The molecular formula is C13H19N3O2. The molecule has 0 spiro atoms. The van der Waals surface area contributed by atoms with Crippen LogP contribution in [-0.4, -0.2) is 28.9 Å². The highest BCUT2D eigenvalue weighted by atomic mass is 16.4. The predicted molar refractivity (Wildman–Crippen MR) is 70.2 cm³/mol. The van der Waals surface area contributed by atoms with Crippen LogP contribution in [0.3, 0.4) is 0 Å². The smallest absolute Gasteiger partial charge is 0.233 e. The number of rotatable bonds is 4. The van der Waals surface area contributed by atoms with Crippen LogP contribution in [0.1, 0.15) is 18.1 Å². The van der Waals surface area contributed by atoms with Crippen molar-refractivity contribution in [2.45, 2.75) is 20.4 Å². The van der Waals surface area contributed by atoms with Crippen LogP contribution in [-0.2, 0) is 11.3 Å². The second kappa shape index (κ2) is 6.05. The molecule has 0 aliphatic rings. The number of hydrogen-bond acceptors (Lipinski definition) is 3. The van der Waals surface area contributed by atoms with E-state index >= 15 is 0 Å². The molecule has 1 aromatic carbocycles. The molecule has 0 saturated heterocycles. The molecule has 1 unspecified atom stereocenters. The van der Waals surface area contributed by atoms with Crippen LogP contribution in [0.25, 0.3) is 0 Å². The largest absolute Gasteiger partial charge is 0.409 e. The van der Waals surface area contributed by atoms with Crippen LogP contribution < -0.4 is 5.73 Å². The third-order valence-corrected chi connectivity index (χ3v) is 2.81. The summed E-state index contributed by atoms with van der Waals surface area (Å²) in [6, 6.07) is 7.95. The van der Waals surface area contributed by atoms with Gasteiger partial charge in [0.05, 0.1) is 5.92 Å². The number of aryl methyl sites for hydroxylation is 1. The van der Waals surface area contributed by atoms with Crippen LogP contribution in [0, 0.1) is 12.8 Å². The first-order valence-electron chi connectivity index (χ1n) is 5.73. The molecule has 1 amide bonds. The minimum atomic E-state index is -0.621. The van der Waals surface area contributed by atoms with Gasteiger partial charge in [-0.3, -0.25) is 4.79 Å². The Morgan fingerprint density at radius 2 is 2.22 bits per heavy atom. The number of amidine groups is 1. The van der Waals surface area contributed by atoms with Crippen molar-refractivity contribution in [2.75, 3.05) is 7.05 Å². The second-order valence-corrected chi connectivity index (χ2v) is 4.43. The molecule has 1 aromatic rings. The molecule has 1 rings (SSSR count). The molecule has 0 heterocycles. The van der Waals surface area contributed by atoms with Crippen LogP contribution in [0.2, 0.25) is 0 Å². The Morgan fingerprint density at radius 1 is 1.56 bits per heavy atom.